The van der Waals surface area contributed by atoms with E-state index in [1.165, 1.54) is 7.11 Å². The van der Waals surface area contributed by atoms with Gasteiger partial charge in [-0.3, -0.25) is 0 Å². The predicted octanol–water partition coefficient (Wildman–Crippen LogP) is 2.13. The highest BCUT2D eigenvalue weighted by molar-refractivity contribution is 5.93. The van der Waals surface area contributed by atoms with Crippen molar-refractivity contribution in [2.24, 2.45) is 0 Å². The van der Waals surface area contributed by atoms with Gasteiger partial charge in [-0.25, -0.2) is 9.78 Å². The predicted molar refractivity (Wildman–Crippen MR) is 72.0 cm³/mol. The number of hydrogen-bond donors (Lipinski definition) is 1. The van der Waals surface area contributed by atoms with Crippen LogP contribution in [0.3, 0.4) is 0 Å². The normalized spacial score (nSPS) is 10.0. The highest BCUT2D eigenvalue weighted by Gasteiger charge is 2.12. The number of anilines is 1. The molecule has 1 aromatic carbocycles. The minimum Gasteiger partial charge on any atom is -0.497 e. The lowest BCUT2D eigenvalue weighted by molar-refractivity contribution is 0.0595. The van der Waals surface area contributed by atoms with Gasteiger partial charge in [-0.05, 0) is 23.8 Å². The minimum atomic E-state index is -0.547. The number of nitrogens with two attached hydrogens (primary N) is 1. The first kappa shape index (κ1) is 12.9. The van der Waals surface area contributed by atoms with E-state index in [0.717, 1.165) is 16.9 Å². The van der Waals surface area contributed by atoms with Crippen molar-refractivity contribution >= 4 is 11.7 Å². The number of rotatable bonds is 3. The fourth-order valence-electron chi connectivity index (χ4n) is 1.71. The van der Waals surface area contributed by atoms with E-state index in [9.17, 15) is 4.79 Å². The van der Waals surface area contributed by atoms with E-state index in [0.29, 0.717) is 0 Å². The molecule has 5 nitrogen and oxygen atoms in total. The molecule has 98 valence electrons. The smallest absolute Gasteiger partial charge is 0.358 e. The molecular formula is C14H14N2O3. The summed E-state index contributed by atoms with van der Waals surface area (Å²) in [6.07, 6.45) is 1.58. The van der Waals surface area contributed by atoms with Crippen molar-refractivity contribution in [3.63, 3.8) is 0 Å². The zero-order valence-corrected chi connectivity index (χ0v) is 10.7. The van der Waals surface area contributed by atoms with Gasteiger partial charge < -0.3 is 15.2 Å². The van der Waals surface area contributed by atoms with Crippen molar-refractivity contribution in [2.45, 2.75) is 0 Å². The Hall–Kier alpha value is -2.56. The maximum atomic E-state index is 11.4. The summed E-state index contributed by atoms with van der Waals surface area (Å²) in [6, 6.07) is 9.20. The van der Waals surface area contributed by atoms with Crippen molar-refractivity contribution in [1.29, 1.82) is 0 Å². The maximum Gasteiger partial charge on any atom is 0.358 e. The van der Waals surface area contributed by atoms with Crippen molar-refractivity contribution in [2.75, 3.05) is 20.0 Å². The van der Waals surface area contributed by atoms with Gasteiger partial charge in [-0.2, -0.15) is 0 Å². The van der Waals surface area contributed by atoms with E-state index < -0.39 is 5.97 Å². The molecule has 2 aromatic rings. The van der Waals surface area contributed by atoms with Gasteiger partial charge >= 0.3 is 5.97 Å². The largest absolute Gasteiger partial charge is 0.497 e. The molecule has 0 saturated heterocycles. The molecule has 0 aliphatic heterocycles. The maximum absolute atomic E-state index is 11.4. The zero-order valence-electron chi connectivity index (χ0n) is 10.7. The molecule has 0 unspecified atom stereocenters. The van der Waals surface area contributed by atoms with E-state index >= 15 is 0 Å². The second kappa shape index (κ2) is 5.39. The van der Waals surface area contributed by atoms with Crippen molar-refractivity contribution < 1.29 is 14.3 Å². The summed E-state index contributed by atoms with van der Waals surface area (Å²) in [5.41, 5.74) is 7.94. The third-order valence-electron chi connectivity index (χ3n) is 2.70. The molecule has 0 amide bonds. The Morgan fingerprint density at radius 2 is 2.00 bits per heavy atom. The van der Waals surface area contributed by atoms with Gasteiger partial charge in [0, 0.05) is 11.8 Å². The quantitative estimate of drug-likeness (QED) is 0.853. The Morgan fingerprint density at radius 3 is 2.63 bits per heavy atom. The topological polar surface area (TPSA) is 74.4 Å². The first-order valence-electron chi connectivity index (χ1n) is 5.64. The lowest BCUT2D eigenvalue weighted by Gasteiger charge is -2.07. The lowest BCUT2D eigenvalue weighted by atomic mass is 10.1. The van der Waals surface area contributed by atoms with Crippen LogP contribution in [0.1, 0.15) is 10.5 Å². The van der Waals surface area contributed by atoms with Crippen LogP contribution in [0.25, 0.3) is 11.1 Å². The summed E-state index contributed by atoms with van der Waals surface area (Å²) in [5.74, 6) is 0.197. The summed E-state index contributed by atoms with van der Waals surface area (Å²) in [4.78, 5) is 15.4. The molecule has 0 aliphatic rings. The third-order valence-corrected chi connectivity index (χ3v) is 2.70. The molecule has 0 saturated carbocycles. The SMILES string of the molecule is COC(=O)c1ncc(-c2cccc(OC)c2)cc1N. The fraction of sp³-hybridized carbons (Fsp3) is 0.143. The van der Waals surface area contributed by atoms with Gasteiger partial charge in [0.05, 0.1) is 19.9 Å². The van der Waals surface area contributed by atoms with Crippen LogP contribution in [0.2, 0.25) is 0 Å². The van der Waals surface area contributed by atoms with E-state index in [-0.39, 0.29) is 11.4 Å². The van der Waals surface area contributed by atoms with Gasteiger partial charge in [0.1, 0.15) is 5.75 Å². The Kier molecular flexibility index (Phi) is 3.66. The number of nitrogens with zero attached hydrogens (tertiary/aromatic N) is 1. The molecule has 0 spiro atoms. The number of hydrogen-bond acceptors (Lipinski definition) is 5. The van der Waals surface area contributed by atoms with Gasteiger partial charge in [0.2, 0.25) is 0 Å². The number of nitrogen functional groups attached to an aromatic ring is 1. The van der Waals surface area contributed by atoms with Crippen molar-refractivity contribution in [3.05, 3.63) is 42.2 Å². The van der Waals surface area contributed by atoms with Crippen molar-refractivity contribution in [3.8, 4) is 16.9 Å². The highest BCUT2D eigenvalue weighted by Crippen LogP contribution is 2.25. The van der Waals surface area contributed by atoms with E-state index in [2.05, 4.69) is 9.72 Å². The number of benzene rings is 1. The first-order valence-corrected chi connectivity index (χ1v) is 5.64. The zero-order chi connectivity index (χ0) is 13.8. The van der Waals surface area contributed by atoms with Crippen LogP contribution in [0.15, 0.2) is 36.5 Å². The minimum absolute atomic E-state index is 0.120. The third kappa shape index (κ3) is 2.65. The highest BCUT2D eigenvalue weighted by atomic mass is 16.5. The number of pyridine rings is 1. The molecule has 1 aromatic heterocycles. The first-order chi connectivity index (χ1) is 9.15. The van der Waals surface area contributed by atoms with Crippen LogP contribution in [0.5, 0.6) is 5.75 Å². The summed E-state index contributed by atoms with van der Waals surface area (Å²) in [5, 5.41) is 0. The van der Waals surface area contributed by atoms with Gasteiger partial charge in [0.15, 0.2) is 5.69 Å². The monoisotopic (exact) mass is 258 g/mol. The van der Waals surface area contributed by atoms with Gasteiger partial charge in [0.25, 0.3) is 0 Å². The summed E-state index contributed by atoms with van der Waals surface area (Å²) in [6.45, 7) is 0. The summed E-state index contributed by atoms with van der Waals surface area (Å²) in [7, 11) is 2.89. The molecular weight excluding hydrogens is 244 g/mol. The second-order valence-electron chi connectivity index (χ2n) is 3.89. The Bertz CT molecular complexity index is 611. The van der Waals surface area contributed by atoms with Gasteiger partial charge in [-0.1, -0.05) is 12.1 Å². The van der Waals surface area contributed by atoms with Crippen LogP contribution in [-0.4, -0.2) is 25.2 Å². The Morgan fingerprint density at radius 1 is 1.21 bits per heavy atom. The number of methoxy groups -OCH3 is 2. The molecule has 0 aliphatic carbocycles. The average Bonchev–Trinajstić information content (AvgIpc) is 2.46. The molecule has 0 atom stereocenters. The number of carbonyl (C=O) groups is 1. The number of carbonyl (C=O) groups excluding carboxylic acids is 1. The number of aromatic nitrogens is 1. The number of ether oxygens (including phenoxy) is 2. The van der Waals surface area contributed by atoms with Gasteiger partial charge in [-0.15, -0.1) is 0 Å². The molecule has 2 rings (SSSR count). The lowest BCUT2D eigenvalue weighted by Crippen LogP contribution is -2.08. The van der Waals surface area contributed by atoms with Crippen LogP contribution in [-0.2, 0) is 4.74 Å². The molecule has 0 bridgehead atoms. The Balaban J connectivity index is 2.41. The van der Waals surface area contributed by atoms with E-state index in [1.54, 1.807) is 19.4 Å². The molecule has 0 fully saturated rings. The van der Waals surface area contributed by atoms with Crippen LogP contribution < -0.4 is 10.5 Å². The molecule has 5 heteroatoms. The number of esters is 1. The molecule has 2 N–H and O–H groups in total. The molecule has 19 heavy (non-hydrogen) atoms. The second-order valence-corrected chi connectivity index (χ2v) is 3.89. The summed E-state index contributed by atoms with van der Waals surface area (Å²) < 4.78 is 9.76. The standard InChI is InChI=1S/C14H14N2O3/c1-18-11-5-3-4-9(6-11)10-7-12(15)13(16-8-10)14(17)19-2/h3-8H,15H2,1-2H3. The average molecular weight is 258 g/mol. The van der Waals surface area contributed by atoms with E-state index in [4.69, 9.17) is 10.5 Å². The molecule has 0 radical (unpaired) electrons. The summed E-state index contributed by atoms with van der Waals surface area (Å²) >= 11 is 0. The molecule has 1 heterocycles. The Labute approximate surface area is 111 Å². The fourth-order valence-corrected chi connectivity index (χ4v) is 1.71. The van der Waals surface area contributed by atoms with Crippen LogP contribution in [0.4, 0.5) is 5.69 Å². The van der Waals surface area contributed by atoms with Crippen molar-refractivity contribution in [1.82, 2.24) is 4.98 Å². The van der Waals surface area contributed by atoms with Crippen LogP contribution in [0, 0.1) is 0 Å². The van der Waals surface area contributed by atoms with E-state index in [1.807, 2.05) is 24.3 Å². The van der Waals surface area contributed by atoms with Crippen LogP contribution >= 0.6 is 0 Å².